The van der Waals surface area contributed by atoms with E-state index < -0.39 is 12.1 Å². The summed E-state index contributed by atoms with van der Waals surface area (Å²) in [4.78, 5) is 28.7. The lowest BCUT2D eigenvalue weighted by Gasteiger charge is -2.14. The quantitative estimate of drug-likeness (QED) is 0.435. The minimum absolute atomic E-state index is 0.0169. The molecule has 0 saturated heterocycles. The van der Waals surface area contributed by atoms with Crippen LogP contribution in [0, 0.1) is 6.92 Å². The van der Waals surface area contributed by atoms with Crippen molar-refractivity contribution in [3.8, 4) is 5.75 Å². The molecule has 3 aromatic rings. The van der Waals surface area contributed by atoms with Gasteiger partial charge in [0.2, 0.25) is 5.91 Å². The Labute approximate surface area is 194 Å². The van der Waals surface area contributed by atoms with Gasteiger partial charge in [-0.25, -0.2) is 9.78 Å². The summed E-state index contributed by atoms with van der Waals surface area (Å²) in [7, 11) is 0. The van der Waals surface area contributed by atoms with Crippen LogP contribution in [0.3, 0.4) is 0 Å². The van der Waals surface area contributed by atoms with Gasteiger partial charge in [-0.05, 0) is 44.2 Å². The van der Waals surface area contributed by atoms with Gasteiger partial charge in [-0.2, -0.15) is 0 Å². The number of aromatic nitrogens is 1. The average Bonchev–Trinajstić information content (AvgIpc) is 3.17. The van der Waals surface area contributed by atoms with Crippen molar-refractivity contribution < 1.29 is 19.1 Å². The number of rotatable bonds is 8. The molecular formula is C22H20Cl2N2O4S. The second-order valence-corrected chi connectivity index (χ2v) is 8.55. The van der Waals surface area contributed by atoms with E-state index in [0.29, 0.717) is 26.5 Å². The van der Waals surface area contributed by atoms with E-state index in [0.717, 1.165) is 11.3 Å². The third kappa shape index (κ3) is 6.95. The molecule has 1 heterocycles. The van der Waals surface area contributed by atoms with Gasteiger partial charge in [0.15, 0.2) is 6.10 Å². The zero-order valence-corrected chi connectivity index (χ0v) is 19.2. The molecule has 1 amide bonds. The number of esters is 1. The molecule has 0 aliphatic rings. The summed E-state index contributed by atoms with van der Waals surface area (Å²) in [5.41, 5.74) is 2.41. The number of carbonyl (C=O) groups excluding carboxylic acids is 2. The summed E-state index contributed by atoms with van der Waals surface area (Å²) >= 11 is 13.2. The first-order valence-corrected chi connectivity index (χ1v) is 11.0. The Bertz CT molecular complexity index is 1070. The number of hydrogen-bond donors (Lipinski definition) is 1. The van der Waals surface area contributed by atoms with Crippen molar-refractivity contribution in [1.29, 1.82) is 0 Å². The molecular weight excluding hydrogens is 459 g/mol. The maximum absolute atomic E-state index is 12.2. The highest BCUT2D eigenvalue weighted by Gasteiger charge is 2.19. The van der Waals surface area contributed by atoms with E-state index in [1.165, 1.54) is 17.4 Å². The molecule has 31 heavy (non-hydrogen) atoms. The lowest BCUT2D eigenvalue weighted by Crippen LogP contribution is -2.26. The Kier molecular flexibility index (Phi) is 7.90. The van der Waals surface area contributed by atoms with Crippen LogP contribution in [0.5, 0.6) is 5.75 Å². The topological polar surface area (TPSA) is 77.5 Å². The molecule has 0 aliphatic heterocycles. The average molecular weight is 479 g/mol. The number of amides is 1. The number of ether oxygens (including phenoxy) is 2. The van der Waals surface area contributed by atoms with Crippen molar-refractivity contribution in [1.82, 2.24) is 4.98 Å². The number of anilines is 1. The summed E-state index contributed by atoms with van der Waals surface area (Å²) in [5, 5.41) is 5.99. The van der Waals surface area contributed by atoms with Crippen molar-refractivity contribution in [2.45, 2.75) is 33.0 Å². The first-order valence-electron chi connectivity index (χ1n) is 9.38. The fourth-order valence-corrected chi connectivity index (χ4v) is 3.78. The normalized spacial score (nSPS) is 11.6. The van der Waals surface area contributed by atoms with Gasteiger partial charge >= 0.3 is 5.97 Å². The van der Waals surface area contributed by atoms with Crippen molar-refractivity contribution in [2.24, 2.45) is 0 Å². The molecule has 0 saturated carbocycles. The van der Waals surface area contributed by atoms with E-state index >= 15 is 0 Å². The second-order valence-electron chi connectivity index (χ2n) is 6.77. The van der Waals surface area contributed by atoms with Gasteiger partial charge in [-0.3, -0.25) is 4.79 Å². The Morgan fingerprint density at radius 2 is 1.90 bits per heavy atom. The van der Waals surface area contributed by atoms with Crippen LogP contribution in [0.2, 0.25) is 10.0 Å². The van der Waals surface area contributed by atoms with Crippen LogP contribution in [-0.4, -0.2) is 23.0 Å². The largest absolute Gasteiger partial charge is 0.477 e. The van der Waals surface area contributed by atoms with E-state index in [4.69, 9.17) is 32.7 Å². The standard InChI is InChI=1S/C22H20Cl2N2O4S/c1-13-3-6-16(7-4-13)25-20(27)10-21-26-17(12-31-21)11-29-22(28)14(2)30-19-8-5-15(23)9-18(19)24/h3-9,12,14H,10-11H2,1-2H3,(H,25,27). The molecule has 0 bridgehead atoms. The minimum Gasteiger partial charge on any atom is -0.477 e. The molecule has 0 radical (unpaired) electrons. The van der Waals surface area contributed by atoms with Gasteiger partial charge < -0.3 is 14.8 Å². The van der Waals surface area contributed by atoms with Crippen molar-refractivity contribution in [2.75, 3.05) is 5.32 Å². The molecule has 3 rings (SSSR count). The molecule has 6 nitrogen and oxygen atoms in total. The van der Waals surface area contributed by atoms with Crippen LogP contribution in [-0.2, 0) is 27.4 Å². The summed E-state index contributed by atoms with van der Waals surface area (Å²) in [5.74, 6) is -0.382. The highest BCUT2D eigenvalue weighted by molar-refractivity contribution is 7.09. The van der Waals surface area contributed by atoms with Crippen LogP contribution < -0.4 is 10.1 Å². The SMILES string of the molecule is Cc1ccc(NC(=O)Cc2nc(COC(=O)C(C)Oc3ccc(Cl)cc3Cl)cs2)cc1. The zero-order chi connectivity index (χ0) is 22.4. The van der Waals surface area contributed by atoms with Gasteiger partial charge in [0.05, 0.1) is 17.1 Å². The lowest BCUT2D eigenvalue weighted by atomic mass is 10.2. The van der Waals surface area contributed by atoms with Gasteiger partial charge in [-0.15, -0.1) is 11.3 Å². The smallest absolute Gasteiger partial charge is 0.347 e. The van der Waals surface area contributed by atoms with E-state index in [-0.39, 0.29) is 18.9 Å². The van der Waals surface area contributed by atoms with Crippen molar-refractivity contribution in [3.05, 3.63) is 74.2 Å². The van der Waals surface area contributed by atoms with Gasteiger partial charge in [0.1, 0.15) is 17.4 Å². The number of hydrogen-bond acceptors (Lipinski definition) is 6. The van der Waals surface area contributed by atoms with Crippen molar-refractivity contribution >= 4 is 52.1 Å². The molecule has 1 aromatic heterocycles. The number of thiazole rings is 1. The number of carbonyl (C=O) groups is 2. The molecule has 1 unspecified atom stereocenters. The van der Waals surface area contributed by atoms with Crippen molar-refractivity contribution in [3.63, 3.8) is 0 Å². The molecule has 0 aliphatic carbocycles. The molecule has 162 valence electrons. The number of halogens is 2. The number of benzene rings is 2. The van der Waals surface area contributed by atoms with Crippen LogP contribution in [0.4, 0.5) is 5.69 Å². The Balaban J connectivity index is 1.47. The third-order valence-corrected chi connectivity index (χ3v) is 5.57. The zero-order valence-electron chi connectivity index (χ0n) is 16.9. The first kappa shape index (κ1) is 23.1. The van der Waals surface area contributed by atoms with E-state index in [9.17, 15) is 9.59 Å². The van der Waals surface area contributed by atoms with E-state index in [1.54, 1.807) is 24.4 Å². The maximum atomic E-state index is 12.2. The summed E-state index contributed by atoms with van der Waals surface area (Å²) < 4.78 is 10.8. The Morgan fingerprint density at radius 3 is 2.61 bits per heavy atom. The summed E-state index contributed by atoms with van der Waals surface area (Å²) in [6.45, 7) is 3.53. The second kappa shape index (κ2) is 10.6. The summed E-state index contributed by atoms with van der Waals surface area (Å²) in [6, 6.07) is 12.3. The third-order valence-electron chi connectivity index (χ3n) is 4.14. The Hall–Kier alpha value is -2.61. The minimum atomic E-state index is -0.864. The highest BCUT2D eigenvalue weighted by atomic mass is 35.5. The lowest BCUT2D eigenvalue weighted by molar-refractivity contribution is -0.152. The number of nitrogens with zero attached hydrogens (tertiary/aromatic N) is 1. The molecule has 0 fully saturated rings. The molecule has 1 N–H and O–H groups in total. The predicted molar refractivity (Wildman–Crippen MR) is 122 cm³/mol. The summed E-state index contributed by atoms with van der Waals surface area (Å²) in [6.07, 6.45) is -0.724. The first-order chi connectivity index (χ1) is 14.8. The molecule has 9 heteroatoms. The monoisotopic (exact) mass is 478 g/mol. The van der Waals surface area contributed by atoms with E-state index in [1.807, 2.05) is 31.2 Å². The number of nitrogens with one attached hydrogen (secondary N) is 1. The van der Waals surface area contributed by atoms with Crippen LogP contribution in [0.25, 0.3) is 0 Å². The van der Waals surface area contributed by atoms with Gasteiger partial charge in [-0.1, -0.05) is 40.9 Å². The van der Waals surface area contributed by atoms with E-state index in [2.05, 4.69) is 10.3 Å². The van der Waals surface area contributed by atoms with Gasteiger partial charge in [0.25, 0.3) is 0 Å². The molecule has 1 atom stereocenters. The van der Waals surface area contributed by atoms with Gasteiger partial charge in [0, 0.05) is 16.1 Å². The highest BCUT2D eigenvalue weighted by Crippen LogP contribution is 2.28. The predicted octanol–water partition coefficient (Wildman–Crippen LogP) is 5.45. The molecule has 0 spiro atoms. The van der Waals surface area contributed by atoms with Crippen LogP contribution in [0.15, 0.2) is 47.8 Å². The fourth-order valence-electron chi connectivity index (χ4n) is 2.55. The Morgan fingerprint density at radius 1 is 1.16 bits per heavy atom. The molecule has 2 aromatic carbocycles. The maximum Gasteiger partial charge on any atom is 0.347 e. The van der Waals surface area contributed by atoms with Crippen LogP contribution in [0.1, 0.15) is 23.2 Å². The van der Waals surface area contributed by atoms with Crippen LogP contribution >= 0.6 is 34.5 Å². The fraction of sp³-hybridized carbons (Fsp3) is 0.227. The number of aryl methyl sites for hydroxylation is 1.